The predicted molar refractivity (Wildman–Crippen MR) is 83.2 cm³/mol. The second kappa shape index (κ2) is 8.28. The summed E-state index contributed by atoms with van der Waals surface area (Å²) in [5.74, 6) is -2.01. The highest BCUT2D eigenvalue weighted by atomic mass is 19.1. The zero-order valence-electron chi connectivity index (χ0n) is 13.4. The third-order valence-corrected chi connectivity index (χ3v) is 3.76. The number of hydrogen-bond acceptors (Lipinski definition) is 4. The third kappa shape index (κ3) is 4.94. The third-order valence-electron chi connectivity index (χ3n) is 3.76. The van der Waals surface area contributed by atoms with E-state index >= 15 is 0 Å². The van der Waals surface area contributed by atoms with Crippen LogP contribution in [0.15, 0.2) is 24.3 Å². The first-order valence-electron chi connectivity index (χ1n) is 7.69. The molecular weight excluding hydrogens is 317 g/mol. The summed E-state index contributed by atoms with van der Waals surface area (Å²) in [6, 6.07) is 5.72. The van der Waals surface area contributed by atoms with Crippen LogP contribution in [0.1, 0.15) is 19.8 Å². The van der Waals surface area contributed by atoms with Crippen molar-refractivity contribution in [1.82, 2.24) is 15.8 Å². The maximum absolute atomic E-state index is 13.3. The van der Waals surface area contributed by atoms with Crippen LogP contribution in [0.3, 0.4) is 0 Å². The molecule has 1 aliphatic rings. The molecule has 130 valence electrons. The Hall–Kier alpha value is -2.64. The fourth-order valence-electron chi connectivity index (χ4n) is 2.45. The molecule has 2 N–H and O–H groups in total. The number of rotatable bonds is 4. The van der Waals surface area contributed by atoms with Crippen LogP contribution >= 0.6 is 0 Å². The number of nitrogens with zero attached hydrogens (tertiary/aromatic N) is 1. The summed E-state index contributed by atoms with van der Waals surface area (Å²) in [6.07, 6.45) is 1.39. The van der Waals surface area contributed by atoms with Crippen molar-refractivity contribution < 1.29 is 23.5 Å². The highest BCUT2D eigenvalue weighted by molar-refractivity contribution is 5.84. The van der Waals surface area contributed by atoms with Gasteiger partial charge in [-0.15, -0.1) is 0 Å². The molecule has 0 aromatic heterocycles. The van der Waals surface area contributed by atoms with E-state index in [2.05, 4.69) is 10.9 Å². The molecular formula is C16H20FN3O4. The van der Waals surface area contributed by atoms with E-state index in [0.29, 0.717) is 19.5 Å². The first-order valence-corrected chi connectivity index (χ1v) is 7.69. The number of amides is 3. The van der Waals surface area contributed by atoms with Crippen molar-refractivity contribution in [2.24, 2.45) is 5.92 Å². The van der Waals surface area contributed by atoms with Gasteiger partial charge in [-0.1, -0.05) is 12.1 Å². The lowest BCUT2D eigenvalue weighted by atomic mass is 9.97. The van der Waals surface area contributed by atoms with Gasteiger partial charge in [-0.3, -0.25) is 25.2 Å². The lowest BCUT2D eigenvalue weighted by Crippen LogP contribution is -2.50. The Morgan fingerprint density at radius 2 is 2.04 bits per heavy atom. The van der Waals surface area contributed by atoms with Crippen molar-refractivity contribution >= 4 is 17.7 Å². The zero-order chi connectivity index (χ0) is 17.5. The molecule has 3 amide bonds. The molecule has 0 radical (unpaired) electrons. The molecule has 8 heteroatoms. The maximum Gasteiger partial charge on any atom is 0.276 e. The minimum atomic E-state index is -0.606. The molecule has 1 heterocycles. The zero-order valence-corrected chi connectivity index (χ0v) is 13.4. The van der Waals surface area contributed by atoms with Crippen LogP contribution in [0, 0.1) is 11.7 Å². The van der Waals surface area contributed by atoms with Gasteiger partial charge in [-0.25, -0.2) is 4.39 Å². The number of benzene rings is 1. The SMILES string of the molecule is CC(=O)N1CCC[C@H](C(=O)NNC(=O)COc2ccccc2F)C1. The highest BCUT2D eigenvalue weighted by Crippen LogP contribution is 2.16. The van der Waals surface area contributed by atoms with Gasteiger partial charge in [0, 0.05) is 20.0 Å². The van der Waals surface area contributed by atoms with Crippen molar-refractivity contribution in [3.05, 3.63) is 30.1 Å². The number of hydrazine groups is 1. The average Bonchev–Trinajstić information content (AvgIpc) is 2.59. The number of halogens is 1. The van der Waals surface area contributed by atoms with Gasteiger partial charge in [-0.05, 0) is 25.0 Å². The molecule has 1 aromatic rings. The smallest absolute Gasteiger partial charge is 0.276 e. The molecule has 1 saturated heterocycles. The first kappa shape index (κ1) is 17.7. The monoisotopic (exact) mass is 337 g/mol. The summed E-state index contributed by atoms with van der Waals surface area (Å²) >= 11 is 0. The molecule has 0 saturated carbocycles. The molecule has 7 nitrogen and oxygen atoms in total. The topological polar surface area (TPSA) is 87.7 Å². The van der Waals surface area contributed by atoms with E-state index in [1.54, 1.807) is 11.0 Å². The van der Waals surface area contributed by atoms with Gasteiger partial charge in [0.2, 0.25) is 11.8 Å². The fourth-order valence-corrected chi connectivity index (χ4v) is 2.45. The Balaban J connectivity index is 1.74. The Bertz CT molecular complexity index is 623. The summed E-state index contributed by atoms with van der Waals surface area (Å²) in [4.78, 5) is 36.6. The summed E-state index contributed by atoms with van der Waals surface area (Å²) in [6.45, 7) is 2.01. The lowest BCUT2D eigenvalue weighted by Gasteiger charge is -2.31. The van der Waals surface area contributed by atoms with Crippen molar-refractivity contribution in [2.45, 2.75) is 19.8 Å². The van der Waals surface area contributed by atoms with Gasteiger partial charge in [0.05, 0.1) is 5.92 Å². The Morgan fingerprint density at radius 3 is 2.75 bits per heavy atom. The lowest BCUT2D eigenvalue weighted by molar-refractivity contribution is -0.136. The van der Waals surface area contributed by atoms with Crippen molar-refractivity contribution in [1.29, 1.82) is 0 Å². The summed E-state index contributed by atoms with van der Waals surface area (Å²) < 4.78 is 18.4. The molecule has 2 rings (SSSR count). The molecule has 1 aromatic carbocycles. The van der Waals surface area contributed by atoms with Crippen LogP contribution in [-0.2, 0) is 14.4 Å². The molecule has 0 aliphatic carbocycles. The van der Waals surface area contributed by atoms with E-state index in [1.165, 1.54) is 25.1 Å². The van der Waals surface area contributed by atoms with E-state index in [1.807, 2.05) is 0 Å². The van der Waals surface area contributed by atoms with Crippen LogP contribution in [0.4, 0.5) is 4.39 Å². The van der Waals surface area contributed by atoms with Crippen molar-refractivity contribution in [3.63, 3.8) is 0 Å². The number of piperidine rings is 1. The van der Waals surface area contributed by atoms with E-state index in [-0.39, 0.29) is 23.5 Å². The van der Waals surface area contributed by atoms with Gasteiger partial charge in [-0.2, -0.15) is 0 Å². The van der Waals surface area contributed by atoms with E-state index in [4.69, 9.17) is 4.74 Å². The van der Waals surface area contributed by atoms with Crippen LogP contribution < -0.4 is 15.6 Å². The number of carbonyl (C=O) groups excluding carboxylic acids is 3. The van der Waals surface area contributed by atoms with Gasteiger partial charge in [0.25, 0.3) is 5.91 Å². The van der Waals surface area contributed by atoms with Gasteiger partial charge >= 0.3 is 0 Å². The van der Waals surface area contributed by atoms with Crippen molar-refractivity contribution in [2.75, 3.05) is 19.7 Å². The van der Waals surface area contributed by atoms with Gasteiger partial charge < -0.3 is 9.64 Å². The normalized spacial score (nSPS) is 17.1. The molecule has 0 unspecified atom stereocenters. The number of para-hydroxylation sites is 1. The minimum Gasteiger partial charge on any atom is -0.481 e. The molecule has 1 aliphatic heterocycles. The van der Waals surface area contributed by atoms with Crippen molar-refractivity contribution in [3.8, 4) is 5.75 Å². The molecule has 24 heavy (non-hydrogen) atoms. The van der Waals surface area contributed by atoms with Crippen LogP contribution in [0.25, 0.3) is 0 Å². The van der Waals surface area contributed by atoms with Gasteiger partial charge in [0.1, 0.15) is 0 Å². The van der Waals surface area contributed by atoms with Crippen LogP contribution in [0.2, 0.25) is 0 Å². The number of hydrogen-bond donors (Lipinski definition) is 2. The Labute approximate surface area is 139 Å². The van der Waals surface area contributed by atoms with Crippen LogP contribution in [0.5, 0.6) is 5.75 Å². The first-order chi connectivity index (χ1) is 11.5. The molecule has 0 spiro atoms. The largest absolute Gasteiger partial charge is 0.481 e. The minimum absolute atomic E-state index is 0.0386. The van der Waals surface area contributed by atoms with Crippen LogP contribution in [-0.4, -0.2) is 42.3 Å². The number of nitrogens with one attached hydrogen (secondary N) is 2. The summed E-state index contributed by atoms with van der Waals surface area (Å²) in [5.41, 5.74) is 4.54. The Kier molecular flexibility index (Phi) is 6.11. The highest BCUT2D eigenvalue weighted by Gasteiger charge is 2.27. The number of ether oxygens (including phenoxy) is 1. The molecule has 1 atom stereocenters. The average molecular weight is 337 g/mol. The van der Waals surface area contributed by atoms with Gasteiger partial charge in [0.15, 0.2) is 18.2 Å². The summed E-state index contributed by atoms with van der Waals surface area (Å²) in [7, 11) is 0. The molecule has 0 bridgehead atoms. The van der Waals surface area contributed by atoms with E-state index in [9.17, 15) is 18.8 Å². The predicted octanol–water partition coefficient (Wildman–Crippen LogP) is 0.610. The standard InChI is InChI=1S/C16H20FN3O4/c1-11(21)20-8-4-5-12(9-20)16(23)19-18-15(22)10-24-14-7-3-2-6-13(14)17/h2-3,6-7,12H,4-5,8-10H2,1H3,(H,18,22)(H,19,23)/t12-/m0/s1. The van der Waals surface area contributed by atoms with E-state index in [0.717, 1.165) is 6.42 Å². The second-order valence-corrected chi connectivity index (χ2v) is 5.56. The Morgan fingerprint density at radius 1 is 1.29 bits per heavy atom. The summed E-state index contributed by atoms with van der Waals surface area (Å²) in [5, 5.41) is 0. The fraction of sp³-hybridized carbons (Fsp3) is 0.438. The number of likely N-dealkylation sites (tertiary alicyclic amines) is 1. The van der Waals surface area contributed by atoms with E-state index < -0.39 is 18.3 Å². The quantitative estimate of drug-likeness (QED) is 0.788. The maximum atomic E-state index is 13.3. The number of carbonyl (C=O) groups is 3. The second-order valence-electron chi connectivity index (χ2n) is 5.56. The molecule has 1 fully saturated rings.